The van der Waals surface area contributed by atoms with Crippen molar-refractivity contribution in [2.24, 2.45) is 0 Å². The van der Waals surface area contributed by atoms with Crippen LogP contribution in [0.25, 0.3) is 6.08 Å². The van der Waals surface area contributed by atoms with Gasteiger partial charge in [0.25, 0.3) is 0 Å². The van der Waals surface area contributed by atoms with Gasteiger partial charge in [-0.3, -0.25) is 0 Å². The summed E-state index contributed by atoms with van der Waals surface area (Å²) < 4.78 is 0. The summed E-state index contributed by atoms with van der Waals surface area (Å²) in [4.78, 5) is 0. The van der Waals surface area contributed by atoms with Crippen molar-refractivity contribution >= 4 is 6.08 Å². The summed E-state index contributed by atoms with van der Waals surface area (Å²) in [5, 5.41) is 3.51. The van der Waals surface area contributed by atoms with Crippen LogP contribution in [0.15, 0.2) is 23.8 Å². The van der Waals surface area contributed by atoms with Crippen LogP contribution < -0.4 is 5.32 Å². The lowest BCUT2D eigenvalue weighted by atomic mass is 10.0. The van der Waals surface area contributed by atoms with Crippen molar-refractivity contribution in [3.05, 3.63) is 40.5 Å². The zero-order valence-electron chi connectivity index (χ0n) is 11.8. The van der Waals surface area contributed by atoms with E-state index in [2.05, 4.69) is 64.2 Å². The molecule has 0 aliphatic rings. The highest BCUT2D eigenvalue weighted by atomic mass is 14.9. The monoisotopic (exact) mass is 231 g/mol. The molecule has 0 aliphatic heterocycles. The van der Waals surface area contributed by atoms with Gasteiger partial charge >= 0.3 is 0 Å². The van der Waals surface area contributed by atoms with Crippen LogP contribution in [-0.2, 0) is 0 Å². The molecule has 1 heteroatoms. The first kappa shape index (κ1) is 14.0. The first-order chi connectivity index (χ1) is 8.04. The van der Waals surface area contributed by atoms with Crippen LogP contribution in [0.3, 0.4) is 0 Å². The third kappa shape index (κ3) is 4.35. The van der Waals surface area contributed by atoms with E-state index < -0.39 is 0 Å². The lowest BCUT2D eigenvalue weighted by Crippen LogP contribution is -2.27. The molecular weight excluding hydrogens is 206 g/mol. The second kappa shape index (κ2) is 6.61. The molecule has 1 aromatic rings. The minimum absolute atomic E-state index is 0.455. The number of aryl methyl sites for hydroxylation is 2. The summed E-state index contributed by atoms with van der Waals surface area (Å²) >= 11 is 0. The normalized spacial score (nSPS) is 13.8. The van der Waals surface area contributed by atoms with Gasteiger partial charge in [0.1, 0.15) is 0 Å². The van der Waals surface area contributed by atoms with Crippen LogP contribution in [-0.4, -0.2) is 12.6 Å². The molecule has 0 amide bonds. The number of rotatable bonds is 5. The molecular formula is C16H25N. The van der Waals surface area contributed by atoms with Gasteiger partial charge in [-0.05, 0) is 57.4 Å². The highest BCUT2D eigenvalue weighted by molar-refractivity contribution is 5.55. The zero-order valence-corrected chi connectivity index (χ0v) is 11.8. The molecule has 0 saturated carbocycles. The first-order valence-electron chi connectivity index (χ1n) is 6.53. The Morgan fingerprint density at radius 1 is 1.29 bits per heavy atom. The van der Waals surface area contributed by atoms with E-state index in [0.29, 0.717) is 6.04 Å². The number of benzene rings is 1. The van der Waals surface area contributed by atoms with Crippen LogP contribution in [0.1, 0.15) is 43.9 Å². The standard InChI is InChI=1S/C16H25N/c1-6-9-17-15(5)14(4)11-16-8-7-12(2)13(3)10-16/h7-8,10-11,15,17H,6,9H2,1-5H3/b14-11+. The van der Waals surface area contributed by atoms with Gasteiger partial charge in [-0.1, -0.05) is 36.8 Å². The van der Waals surface area contributed by atoms with E-state index in [1.165, 1.54) is 28.7 Å². The maximum atomic E-state index is 3.51. The molecule has 1 rings (SSSR count). The fraction of sp³-hybridized carbons (Fsp3) is 0.500. The van der Waals surface area contributed by atoms with E-state index in [1.54, 1.807) is 0 Å². The highest BCUT2D eigenvalue weighted by Crippen LogP contribution is 2.14. The Morgan fingerprint density at radius 3 is 2.59 bits per heavy atom. The van der Waals surface area contributed by atoms with Crippen LogP contribution in [0.5, 0.6) is 0 Å². The molecule has 1 nitrogen and oxygen atoms in total. The van der Waals surface area contributed by atoms with Crippen LogP contribution in [0.4, 0.5) is 0 Å². The SMILES string of the molecule is CCCNC(C)/C(C)=C/c1ccc(C)c(C)c1. The molecule has 1 N–H and O–H groups in total. The van der Waals surface area contributed by atoms with E-state index >= 15 is 0 Å². The van der Waals surface area contributed by atoms with Gasteiger partial charge in [0.15, 0.2) is 0 Å². The van der Waals surface area contributed by atoms with Gasteiger partial charge in [0, 0.05) is 6.04 Å². The van der Waals surface area contributed by atoms with Gasteiger partial charge < -0.3 is 5.32 Å². The molecule has 0 heterocycles. The Bertz CT molecular complexity index is 391. The molecule has 94 valence electrons. The van der Waals surface area contributed by atoms with Crippen LogP contribution in [0, 0.1) is 13.8 Å². The molecule has 0 fully saturated rings. The van der Waals surface area contributed by atoms with Gasteiger partial charge in [0.2, 0.25) is 0 Å². The van der Waals surface area contributed by atoms with Gasteiger partial charge in [0.05, 0.1) is 0 Å². The predicted molar refractivity (Wildman–Crippen MR) is 77.3 cm³/mol. The van der Waals surface area contributed by atoms with E-state index in [-0.39, 0.29) is 0 Å². The minimum Gasteiger partial charge on any atom is -0.311 e. The quantitative estimate of drug-likeness (QED) is 0.804. The smallest absolute Gasteiger partial charge is 0.0251 e. The first-order valence-corrected chi connectivity index (χ1v) is 6.53. The van der Waals surface area contributed by atoms with Crippen LogP contribution in [0.2, 0.25) is 0 Å². The van der Waals surface area contributed by atoms with E-state index in [1.807, 2.05) is 0 Å². The zero-order chi connectivity index (χ0) is 12.8. The van der Waals surface area contributed by atoms with Crippen molar-refractivity contribution in [3.8, 4) is 0 Å². The lowest BCUT2D eigenvalue weighted by molar-refractivity contribution is 0.604. The fourth-order valence-corrected chi connectivity index (χ4v) is 1.76. The van der Waals surface area contributed by atoms with Crippen LogP contribution >= 0.6 is 0 Å². The summed E-state index contributed by atoms with van der Waals surface area (Å²) in [6, 6.07) is 7.10. The fourth-order valence-electron chi connectivity index (χ4n) is 1.76. The summed E-state index contributed by atoms with van der Waals surface area (Å²) in [6.07, 6.45) is 3.46. The number of nitrogens with one attached hydrogen (secondary N) is 1. The Hall–Kier alpha value is -1.08. The minimum atomic E-state index is 0.455. The molecule has 1 unspecified atom stereocenters. The molecule has 0 aliphatic carbocycles. The topological polar surface area (TPSA) is 12.0 Å². The van der Waals surface area contributed by atoms with Crippen molar-refractivity contribution < 1.29 is 0 Å². The second-order valence-electron chi connectivity index (χ2n) is 4.91. The Morgan fingerprint density at radius 2 is 2.00 bits per heavy atom. The third-order valence-corrected chi connectivity index (χ3v) is 3.31. The van der Waals surface area contributed by atoms with Crippen molar-refractivity contribution in [2.45, 2.75) is 47.1 Å². The molecule has 0 aromatic heterocycles. The predicted octanol–water partition coefficient (Wildman–Crippen LogP) is 4.09. The average molecular weight is 231 g/mol. The molecule has 17 heavy (non-hydrogen) atoms. The Labute approximate surface area is 106 Å². The largest absolute Gasteiger partial charge is 0.311 e. The molecule has 0 radical (unpaired) electrons. The lowest BCUT2D eigenvalue weighted by Gasteiger charge is -2.14. The molecule has 0 bridgehead atoms. The maximum Gasteiger partial charge on any atom is 0.0251 e. The Balaban J connectivity index is 2.76. The van der Waals surface area contributed by atoms with Gasteiger partial charge in [-0.2, -0.15) is 0 Å². The summed E-state index contributed by atoms with van der Waals surface area (Å²) in [5.74, 6) is 0. The van der Waals surface area contributed by atoms with Crippen molar-refractivity contribution in [1.82, 2.24) is 5.32 Å². The molecule has 0 spiro atoms. The van der Waals surface area contributed by atoms with Crippen molar-refractivity contribution in [1.29, 1.82) is 0 Å². The summed E-state index contributed by atoms with van der Waals surface area (Å²) in [5.41, 5.74) is 5.41. The summed E-state index contributed by atoms with van der Waals surface area (Å²) in [7, 11) is 0. The van der Waals surface area contributed by atoms with Gasteiger partial charge in [-0.25, -0.2) is 0 Å². The average Bonchev–Trinajstić information content (AvgIpc) is 2.30. The maximum absolute atomic E-state index is 3.51. The third-order valence-electron chi connectivity index (χ3n) is 3.31. The van der Waals surface area contributed by atoms with E-state index in [9.17, 15) is 0 Å². The second-order valence-corrected chi connectivity index (χ2v) is 4.91. The molecule has 1 aromatic carbocycles. The number of hydrogen-bond acceptors (Lipinski definition) is 1. The molecule has 1 atom stereocenters. The van der Waals surface area contributed by atoms with E-state index in [4.69, 9.17) is 0 Å². The van der Waals surface area contributed by atoms with Gasteiger partial charge in [-0.15, -0.1) is 0 Å². The van der Waals surface area contributed by atoms with Crippen molar-refractivity contribution in [2.75, 3.05) is 6.54 Å². The Kier molecular flexibility index (Phi) is 5.43. The van der Waals surface area contributed by atoms with E-state index in [0.717, 1.165) is 6.54 Å². The summed E-state index contributed by atoms with van der Waals surface area (Å²) in [6.45, 7) is 12.0. The highest BCUT2D eigenvalue weighted by Gasteiger charge is 2.02. The number of hydrogen-bond donors (Lipinski definition) is 1. The molecule has 0 saturated heterocycles. The van der Waals surface area contributed by atoms with Crippen molar-refractivity contribution in [3.63, 3.8) is 0 Å².